The van der Waals surface area contributed by atoms with Crippen LogP contribution in [0.25, 0.3) is 0 Å². The van der Waals surface area contributed by atoms with Crippen molar-refractivity contribution in [3.05, 3.63) is 0 Å². The highest BCUT2D eigenvalue weighted by molar-refractivity contribution is 5.69. The van der Waals surface area contributed by atoms with Crippen LogP contribution in [-0.4, -0.2) is 50.7 Å². The van der Waals surface area contributed by atoms with Gasteiger partial charge in [-0.2, -0.15) is 0 Å². The Morgan fingerprint density at radius 2 is 0.625 bits per heavy atom. The van der Waals surface area contributed by atoms with Crippen molar-refractivity contribution >= 4 is 11.9 Å². The zero-order chi connectivity index (χ0) is 41.2. The van der Waals surface area contributed by atoms with Crippen LogP contribution >= 0.6 is 0 Å². The summed E-state index contributed by atoms with van der Waals surface area (Å²) >= 11 is 0. The molecule has 0 saturated heterocycles. The van der Waals surface area contributed by atoms with Gasteiger partial charge < -0.3 is 14.4 Å². The fourth-order valence-corrected chi connectivity index (χ4v) is 8.47. The molecule has 0 N–H and O–H groups in total. The highest BCUT2D eigenvalue weighted by Crippen LogP contribution is 2.24. The number of carbonyl (C=O) groups excluding carboxylic acids is 2. The molecule has 0 aliphatic rings. The second kappa shape index (κ2) is 43.5. The predicted molar refractivity (Wildman–Crippen MR) is 244 cm³/mol. The summed E-state index contributed by atoms with van der Waals surface area (Å²) in [7, 11) is 4.41. The lowest BCUT2D eigenvalue weighted by atomic mass is 9.91. The van der Waals surface area contributed by atoms with Gasteiger partial charge in [-0.05, 0) is 70.5 Å². The first-order chi connectivity index (χ1) is 27.4. The van der Waals surface area contributed by atoms with Gasteiger partial charge in [0.25, 0.3) is 0 Å². The van der Waals surface area contributed by atoms with Crippen molar-refractivity contribution in [2.45, 2.75) is 265 Å². The maximum absolute atomic E-state index is 12.3. The van der Waals surface area contributed by atoms with Crippen LogP contribution in [0.1, 0.15) is 265 Å². The molecule has 5 nitrogen and oxygen atoms in total. The molecule has 0 aliphatic carbocycles. The average molecular weight is 792 g/mol. The molecule has 5 heteroatoms. The SMILES string of the molecule is CCCCCC(CCCCC)CCOC(=O)CCCCCCCCCC(CCCCCCCCCC(=O)OCCC(CCCCC)CCCCC)CCN(C)C. The first-order valence-electron chi connectivity index (χ1n) is 25.3. The number of esters is 2. The average Bonchev–Trinajstić information content (AvgIpc) is 3.18. The van der Waals surface area contributed by atoms with Crippen LogP contribution in [0.3, 0.4) is 0 Å². The summed E-state index contributed by atoms with van der Waals surface area (Å²) in [5.74, 6) is 2.37. The summed E-state index contributed by atoms with van der Waals surface area (Å²) in [4.78, 5) is 27.0. The van der Waals surface area contributed by atoms with Crippen molar-refractivity contribution < 1.29 is 19.1 Å². The van der Waals surface area contributed by atoms with Crippen LogP contribution in [0.5, 0.6) is 0 Å². The van der Waals surface area contributed by atoms with Gasteiger partial charge in [0.2, 0.25) is 0 Å². The second-order valence-corrected chi connectivity index (χ2v) is 18.2. The van der Waals surface area contributed by atoms with E-state index < -0.39 is 0 Å². The normalized spacial score (nSPS) is 11.8. The van der Waals surface area contributed by atoms with Gasteiger partial charge in [0.05, 0.1) is 13.2 Å². The third-order valence-electron chi connectivity index (χ3n) is 12.4. The third-order valence-corrected chi connectivity index (χ3v) is 12.4. The lowest BCUT2D eigenvalue weighted by molar-refractivity contribution is -0.145. The van der Waals surface area contributed by atoms with Crippen molar-refractivity contribution in [3.8, 4) is 0 Å². The molecule has 0 spiro atoms. The van der Waals surface area contributed by atoms with Crippen LogP contribution < -0.4 is 0 Å². The molecule has 0 bridgehead atoms. The van der Waals surface area contributed by atoms with Crippen molar-refractivity contribution in [2.24, 2.45) is 17.8 Å². The number of unbranched alkanes of at least 4 members (excludes halogenated alkanes) is 20. The van der Waals surface area contributed by atoms with Crippen molar-refractivity contribution in [1.82, 2.24) is 4.90 Å². The third kappa shape index (κ3) is 39.7. The van der Waals surface area contributed by atoms with E-state index >= 15 is 0 Å². The van der Waals surface area contributed by atoms with Crippen molar-refractivity contribution in [2.75, 3.05) is 33.9 Å². The van der Waals surface area contributed by atoms with E-state index in [-0.39, 0.29) is 11.9 Å². The van der Waals surface area contributed by atoms with E-state index in [1.807, 2.05) is 0 Å². The molecule has 0 radical (unpaired) electrons. The lowest BCUT2D eigenvalue weighted by Crippen LogP contribution is -2.17. The van der Waals surface area contributed by atoms with E-state index in [0.29, 0.717) is 26.1 Å². The topological polar surface area (TPSA) is 55.8 Å². The number of ether oxygens (including phenoxy) is 2. The van der Waals surface area contributed by atoms with Crippen LogP contribution in [-0.2, 0) is 19.1 Å². The number of hydrogen-bond donors (Lipinski definition) is 0. The van der Waals surface area contributed by atoms with Gasteiger partial charge in [0.1, 0.15) is 0 Å². The van der Waals surface area contributed by atoms with E-state index in [4.69, 9.17) is 9.47 Å². The molecule has 0 saturated carbocycles. The Bertz CT molecular complexity index is 736. The Hall–Kier alpha value is -1.10. The molecule has 0 aliphatic heterocycles. The van der Waals surface area contributed by atoms with Crippen LogP contribution in [0.15, 0.2) is 0 Å². The summed E-state index contributed by atoms with van der Waals surface area (Å²) in [6.45, 7) is 11.5. The van der Waals surface area contributed by atoms with Crippen molar-refractivity contribution in [3.63, 3.8) is 0 Å². The Morgan fingerprint density at radius 3 is 0.929 bits per heavy atom. The van der Waals surface area contributed by atoms with Gasteiger partial charge in [-0.3, -0.25) is 9.59 Å². The lowest BCUT2D eigenvalue weighted by Gasteiger charge is -2.19. The highest BCUT2D eigenvalue weighted by atomic mass is 16.5. The fourth-order valence-electron chi connectivity index (χ4n) is 8.47. The maximum atomic E-state index is 12.3. The minimum absolute atomic E-state index is 0.0216. The van der Waals surface area contributed by atoms with Gasteiger partial charge >= 0.3 is 11.9 Å². The molecular formula is C51H101NO4. The molecule has 0 aromatic heterocycles. The van der Waals surface area contributed by atoms with Gasteiger partial charge in [-0.1, -0.05) is 220 Å². The Balaban J connectivity index is 3.95. The van der Waals surface area contributed by atoms with Gasteiger partial charge in [-0.15, -0.1) is 0 Å². The number of carbonyl (C=O) groups is 2. The Labute approximate surface area is 351 Å². The Morgan fingerprint density at radius 1 is 0.357 bits per heavy atom. The zero-order valence-corrected chi connectivity index (χ0v) is 39.1. The van der Waals surface area contributed by atoms with Crippen molar-refractivity contribution in [1.29, 1.82) is 0 Å². The van der Waals surface area contributed by atoms with Crippen LogP contribution in [0, 0.1) is 17.8 Å². The van der Waals surface area contributed by atoms with Gasteiger partial charge in [-0.25, -0.2) is 0 Å². The number of nitrogens with zero attached hydrogens (tertiary/aromatic N) is 1. The molecule has 0 rings (SSSR count). The van der Waals surface area contributed by atoms with Gasteiger partial charge in [0.15, 0.2) is 0 Å². The summed E-state index contributed by atoms with van der Waals surface area (Å²) in [5, 5.41) is 0. The molecule has 0 atom stereocenters. The predicted octanol–water partition coefficient (Wildman–Crippen LogP) is 16.0. The summed E-state index contributed by atoms with van der Waals surface area (Å²) in [5.41, 5.74) is 0. The molecule has 0 unspecified atom stereocenters. The quantitative estimate of drug-likeness (QED) is 0.0454. The molecule has 334 valence electrons. The van der Waals surface area contributed by atoms with E-state index in [1.165, 1.54) is 193 Å². The molecule has 56 heavy (non-hydrogen) atoms. The summed E-state index contributed by atoms with van der Waals surface area (Å²) < 4.78 is 11.3. The number of hydrogen-bond acceptors (Lipinski definition) is 5. The molecule has 0 aromatic carbocycles. The van der Waals surface area contributed by atoms with Crippen LogP contribution in [0.4, 0.5) is 0 Å². The smallest absolute Gasteiger partial charge is 0.305 e. The largest absolute Gasteiger partial charge is 0.466 e. The second-order valence-electron chi connectivity index (χ2n) is 18.2. The standard InChI is InChI=1S/C51H101NO4/c1-7-11-25-33-48(34-26-12-8-2)42-45-55-50(53)39-31-23-19-15-17-21-29-37-47(41-44-52(5)6)38-30-22-18-16-20-24-32-40-51(54)56-46-43-49(35-27-13-9-3)36-28-14-10-4/h47-49H,7-46H2,1-6H3. The molecular weight excluding hydrogens is 691 g/mol. The fraction of sp³-hybridized carbons (Fsp3) is 0.961. The zero-order valence-electron chi connectivity index (χ0n) is 39.1. The monoisotopic (exact) mass is 792 g/mol. The summed E-state index contributed by atoms with van der Waals surface area (Å²) in [6.07, 6.45) is 45.7. The Kier molecular flexibility index (Phi) is 42.6. The molecule has 0 heterocycles. The summed E-state index contributed by atoms with van der Waals surface area (Å²) in [6, 6.07) is 0. The first kappa shape index (κ1) is 54.9. The van der Waals surface area contributed by atoms with Crippen LogP contribution in [0.2, 0.25) is 0 Å². The number of rotatable bonds is 45. The highest BCUT2D eigenvalue weighted by Gasteiger charge is 2.13. The molecule has 0 fully saturated rings. The van der Waals surface area contributed by atoms with E-state index in [1.54, 1.807) is 0 Å². The van der Waals surface area contributed by atoms with E-state index in [0.717, 1.165) is 56.3 Å². The minimum Gasteiger partial charge on any atom is -0.466 e. The van der Waals surface area contributed by atoms with E-state index in [2.05, 4.69) is 46.7 Å². The maximum Gasteiger partial charge on any atom is 0.305 e. The van der Waals surface area contributed by atoms with Gasteiger partial charge in [0, 0.05) is 12.8 Å². The molecule has 0 amide bonds. The first-order valence-corrected chi connectivity index (χ1v) is 25.3. The molecule has 0 aromatic rings. The van der Waals surface area contributed by atoms with E-state index in [9.17, 15) is 9.59 Å². The minimum atomic E-state index is 0.0216.